The molecule has 3 heteroatoms. The summed E-state index contributed by atoms with van der Waals surface area (Å²) in [5, 5.41) is 0. The predicted molar refractivity (Wildman–Crippen MR) is 64.7 cm³/mol. The van der Waals surface area contributed by atoms with E-state index in [1.807, 2.05) is 13.0 Å². The van der Waals surface area contributed by atoms with Crippen LogP contribution in [0.1, 0.15) is 31.2 Å². The van der Waals surface area contributed by atoms with Crippen molar-refractivity contribution in [3.63, 3.8) is 0 Å². The first-order valence-corrected chi connectivity index (χ1v) is 6.21. The third-order valence-electron chi connectivity index (χ3n) is 4.00. The first kappa shape index (κ1) is 10.8. The van der Waals surface area contributed by atoms with Crippen molar-refractivity contribution in [2.75, 3.05) is 4.90 Å². The Balaban J connectivity index is 1.99. The summed E-state index contributed by atoms with van der Waals surface area (Å²) < 4.78 is 13.4. The number of fused-ring (bicyclic) bond motifs is 2. The van der Waals surface area contributed by atoms with Crippen LogP contribution in [0.4, 0.5) is 10.1 Å². The van der Waals surface area contributed by atoms with E-state index in [4.69, 9.17) is 0 Å². The first-order chi connectivity index (χ1) is 8.15. The lowest BCUT2D eigenvalue weighted by Crippen LogP contribution is -2.43. The van der Waals surface area contributed by atoms with Crippen LogP contribution in [-0.2, 0) is 4.79 Å². The van der Waals surface area contributed by atoms with Crippen molar-refractivity contribution in [1.82, 2.24) is 0 Å². The Labute approximate surface area is 100 Å². The van der Waals surface area contributed by atoms with Gasteiger partial charge in [0.25, 0.3) is 0 Å². The molecule has 0 saturated carbocycles. The van der Waals surface area contributed by atoms with Crippen molar-refractivity contribution >= 4 is 11.5 Å². The van der Waals surface area contributed by atoms with Crippen molar-refractivity contribution in [3.05, 3.63) is 29.6 Å². The minimum absolute atomic E-state index is 0.193. The van der Waals surface area contributed by atoms with Crippen LogP contribution in [0.15, 0.2) is 18.2 Å². The van der Waals surface area contributed by atoms with E-state index in [-0.39, 0.29) is 5.82 Å². The molecule has 2 aliphatic rings. The fourth-order valence-electron chi connectivity index (χ4n) is 3.22. The van der Waals surface area contributed by atoms with Gasteiger partial charge in [0.05, 0.1) is 0 Å². The molecule has 0 amide bonds. The summed E-state index contributed by atoms with van der Waals surface area (Å²) in [4.78, 5) is 13.8. The number of anilines is 1. The molecule has 2 saturated heterocycles. The van der Waals surface area contributed by atoms with E-state index < -0.39 is 0 Å². The van der Waals surface area contributed by atoms with Crippen LogP contribution in [0.3, 0.4) is 0 Å². The molecule has 2 bridgehead atoms. The van der Waals surface area contributed by atoms with Crippen LogP contribution in [0.2, 0.25) is 0 Å². The number of carbonyl (C=O) groups excluding carboxylic acids is 1. The molecule has 2 heterocycles. The van der Waals surface area contributed by atoms with E-state index in [0.29, 0.717) is 30.7 Å². The maximum atomic E-state index is 13.4. The number of halogens is 1. The van der Waals surface area contributed by atoms with Gasteiger partial charge in [0.2, 0.25) is 0 Å². The summed E-state index contributed by atoms with van der Waals surface area (Å²) >= 11 is 0. The van der Waals surface area contributed by atoms with Crippen molar-refractivity contribution in [2.24, 2.45) is 0 Å². The van der Waals surface area contributed by atoms with E-state index in [1.165, 1.54) is 6.07 Å². The molecule has 0 spiro atoms. The van der Waals surface area contributed by atoms with Gasteiger partial charge in [-0.3, -0.25) is 4.79 Å². The van der Waals surface area contributed by atoms with E-state index in [1.54, 1.807) is 6.07 Å². The third-order valence-corrected chi connectivity index (χ3v) is 4.00. The minimum atomic E-state index is -0.193. The molecule has 1 aromatic rings. The molecule has 2 nitrogen and oxygen atoms in total. The number of hydrogen-bond donors (Lipinski definition) is 0. The summed E-state index contributed by atoms with van der Waals surface area (Å²) in [7, 11) is 0. The molecule has 90 valence electrons. The first-order valence-electron chi connectivity index (χ1n) is 6.21. The maximum Gasteiger partial charge on any atom is 0.137 e. The van der Waals surface area contributed by atoms with Gasteiger partial charge in [-0.15, -0.1) is 0 Å². The number of nitrogens with zero attached hydrogens (tertiary/aromatic N) is 1. The van der Waals surface area contributed by atoms with E-state index in [2.05, 4.69) is 4.90 Å². The molecule has 1 aromatic carbocycles. The van der Waals surface area contributed by atoms with Gasteiger partial charge in [-0.1, -0.05) is 6.07 Å². The average molecular weight is 233 g/mol. The van der Waals surface area contributed by atoms with Crippen LogP contribution < -0.4 is 4.90 Å². The standard InChI is InChI=1S/C14H16FNO/c1-9-2-3-10(15)6-14(9)16-11-4-5-12(16)8-13(17)7-11/h2-3,6,11-12H,4-5,7-8H2,1H3. The Morgan fingerprint density at radius 3 is 2.53 bits per heavy atom. The zero-order chi connectivity index (χ0) is 12.0. The lowest BCUT2D eigenvalue weighted by Gasteiger charge is -2.37. The Kier molecular flexibility index (Phi) is 2.42. The molecular weight excluding hydrogens is 217 g/mol. The monoisotopic (exact) mass is 233 g/mol. The summed E-state index contributed by atoms with van der Waals surface area (Å²) in [5.74, 6) is 0.171. The number of rotatable bonds is 1. The van der Waals surface area contributed by atoms with E-state index >= 15 is 0 Å². The highest BCUT2D eigenvalue weighted by Gasteiger charge is 2.40. The number of hydrogen-bond acceptors (Lipinski definition) is 2. The largest absolute Gasteiger partial charge is 0.364 e. The van der Waals surface area contributed by atoms with Gasteiger partial charge in [0, 0.05) is 30.6 Å². The molecule has 0 aromatic heterocycles. The normalized spacial score (nSPS) is 27.6. The molecule has 2 atom stereocenters. The Hall–Kier alpha value is -1.38. The number of Topliss-reactive ketones (excluding diaryl/α,β-unsaturated/α-hetero) is 1. The van der Waals surface area contributed by atoms with Gasteiger partial charge < -0.3 is 4.90 Å². The van der Waals surface area contributed by atoms with Gasteiger partial charge in [0.15, 0.2) is 0 Å². The van der Waals surface area contributed by atoms with Gasteiger partial charge in [0.1, 0.15) is 11.6 Å². The topological polar surface area (TPSA) is 20.3 Å². The predicted octanol–water partition coefficient (Wildman–Crippen LogP) is 2.83. The molecule has 17 heavy (non-hydrogen) atoms. The van der Waals surface area contributed by atoms with Crippen LogP contribution in [0.5, 0.6) is 0 Å². The van der Waals surface area contributed by atoms with Gasteiger partial charge in [-0.05, 0) is 37.5 Å². The number of ketones is 1. The van der Waals surface area contributed by atoms with Crippen LogP contribution in [-0.4, -0.2) is 17.9 Å². The van der Waals surface area contributed by atoms with Gasteiger partial charge >= 0.3 is 0 Å². The molecular formula is C14H16FNO. The number of piperidine rings is 1. The fraction of sp³-hybridized carbons (Fsp3) is 0.500. The van der Waals surface area contributed by atoms with Crippen LogP contribution >= 0.6 is 0 Å². The van der Waals surface area contributed by atoms with Crippen LogP contribution in [0, 0.1) is 12.7 Å². The van der Waals surface area contributed by atoms with Crippen molar-refractivity contribution in [2.45, 2.75) is 44.7 Å². The highest BCUT2D eigenvalue weighted by molar-refractivity contribution is 5.83. The van der Waals surface area contributed by atoms with Crippen molar-refractivity contribution in [1.29, 1.82) is 0 Å². The molecule has 2 fully saturated rings. The Morgan fingerprint density at radius 2 is 1.88 bits per heavy atom. The number of aryl methyl sites for hydroxylation is 1. The molecule has 0 aliphatic carbocycles. The average Bonchev–Trinajstić information content (AvgIpc) is 2.54. The molecule has 2 unspecified atom stereocenters. The summed E-state index contributed by atoms with van der Waals surface area (Å²) in [6, 6.07) is 5.51. The third kappa shape index (κ3) is 1.74. The highest BCUT2D eigenvalue weighted by Crippen LogP contribution is 2.39. The second kappa shape index (κ2) is 3.83. The highest BCUT2D eigenvalue weighted by atomic mass is 19.1. The molecule has 0 radical (unpaired) electrons. The SMILES string of the molecule is Cc1ccc(F)cc1N1C2CCC1CC(=O)C2. The summed E-state index contributed by atoms with van der Waals surface area (Å²) in [5.41, 5.74) is 2.07. The van der Waals surface area contributed by atoms with Crippen molar-refractivity contribution in [3.8, 4) is 0 Å². The van der Waals surface area contributed by atoms with E-state index in [0.717, 1.165) is 24.1 Å². The zero-order valence-corrected chi connectivity index (χ0v) is 9.95. The van der Waals surface area contributed by atoms with Gasteiger partial charge in [-0.2, -0.15) is 0 Å². The Morgan fingerprint density at radius 1 is 1.24 bits per heavy atom. The lowest BCUT2D eigenvalue weighted by atomic mass is 9.99. The lowest BCUT2D eigenvalue weighted by molar-refractivity contribution is -0.120. The zero-order valence-electron chi connectivity index (χ0n) is 9.95. The smallest absolute Gasteiger partial charge is 0.137 e. The summed E-state index contributed by atoms with van der Waals surface area (Å²) in [6.07, 6.45) is 3.39. The molecule has 0 N–H and O–H groups in total. The fourth-order valence-corrected chi connectivity index (χ4v) is 3.22. The van der Waals surface area contributed by atoms with Crippen LogP contribution in [0.25, 0.3) is 0 Å². The summed E-state index contributed by atoms with van der Waals surface area (Å²) in [6.45, 7) is 2.00. The number of benzene rings is 1. The van der Waals surface area contributed by atoms with Crippen molar-refractivity contribution < 1.29 is 9.18 Å². The Bertz CT molecular complexity index is 455. The second-order valence-electron chi connectivity index (χ2n) is 5.17. The molecule has 3 rings (SSSR count). The minimum Gasteiger partial charge on any atom is -0.364 e. The van der Waals surface area contributed by atoms with E-state index in [9.17, 15) is 9.18 Å². The maximum absolute atomic E-state index is 13.4. The molecule has 2 aliphatic heterocycles. The second-order valence-corrected chi connectivity index (χ2v) is 5.17. The number of carbonyl (C=O) groups is 1. The van der Waals surface area contributed by atoms with Gasteiger partial charge in [-0.25, -0.2) is 4.39 Å². The quantitative estimate of drug-likeness (QED) is 0.743.